The third-order valence-corrected chi connectivity index (χ3v) is 2.56. The molecule has 1 heterocycles. The molecule has 0 amide bonds. The van der Waals surface area contributed by atoms with E-state index in [2.05, 4.69) is 0 Å². The molecule has 0 spiro atoms. The molecule has 2 rings (SSSR count). The number of hydrogen-bond donors (Lipinski definition) is 0. The molecule has 3 nitrogen and oxygen atoms in total. The summed E-state index contributed by atoms with van der Waals surface area (Å²) in [6, 6.07) is 7.76. The first-order valence-corrected chi connectivity index (χ1v) is 5.15. The van der Waals surface area contributed by atoms with Crippen molar-refractivity contribution in [3.8, 4) is 0 Å². The molecule has 1 aromatic rings. The molecule has 0 aromatic heterocycles. The highest BCUT2D eigenvalue weighted by Crippen LogP contribution is 2.38. The molecule has 0 unspecified atom stereocenters. The van der Waals surface area contributed by atoms with Crippen molar-refractivity contribution in [2.24, 2.45) is 0 Å². The Balaban J connectivity index is 2.28. The van der Waals surface area contributed by atoms with Gasteiger partial charge in [0.25, 0.3) is 0 Å². The van der Waals surface area contributed by atoms with Crippen LogP contribution in [0.5, 0.6) is 0 Å². The van der Waals surface area contributed by atoms with Crippen LogP contribution in [0.4, 0.5) is 0 Å². The highest BCUT2D eigenvalue weighted by molar-refractivity contribution is 5.78. The van der Waals surface area contributed by atoms with E-state index >= 15 is 0 Å². The summed E-state index contributed by atoms with van der Waals surface area (Å²) in [7, 11) is 0. The van der Waals surface area contributed by atoms with Crippen molar-refractivity contribution in [1.29, 1.82) is 0 Å². The minimum atomic E-state index is -0.545. The monoisotopic (exact) mass is 206 g/mol. The van der Waals surface area contributed by atoms with E-state index in [0.717, 1.165) is 11.1 Å². The smallest absolute Gasteiger partial charge is 0.339 e. The Kier molecular flexibility index (Phi) is 2.73. The first-order chi connectivity index (χ1) is 7.24. The highest BCUT2D eigenvalue weighted by Gasteiger charge is 2.34. The molecule has 0 fully saturated rings. The third kappa shape index (κ3) is 1.75. The lowest BCUT2D eigenvalue weighted by atomic mass is 10.0. The average Bonchev–Trinajstić information content (AvgIpc) is 2.58. The van der Waals surface area contributed by atoms with Crippen LogP contribution in [0.1, 0.15) is 37.2 Å². The molecule has 3 heteroatoms. The minimum absolute atomic E-state index is 0.0318. The maximum Gasteiger partial charge on any atom is 0.339 e. The van der Waals surface area contributed by atoms with E-state index in [1.807, 2.05) is 31.2 Å². The lowest BCUT2D eigenvalue weighted by Crippen LogP contribution is -2.15. The fourth-order valence-corrected chi connectivity index (χ4v) is 1.87. The first kappa shape index (κ1) is 10.2. The lowest BCUT2D eigenvalue weighted by Gasteiger charge is -2.10. The van der Waals surface area contributed by atoms with Gasteiger partial charge in [-0.3, -0.25) is 0 Å². The van der Waals surface area contributed by atoms with Crippen LogP contribution in [0.15, 0.2) is 24.3 Å². The van der Waals surface area contributed by atoms with Crippen molar-refractivity contribution in [3.05, 3.63) is 35.4 Å². The van der Waals surface area contributed by atoms with Gasteiger partial charge in [0.05, 0.1) is 12.7 Å². The number of esters is 1. The Morgan fingerprint density at radius 1 is 1.40 bits per heavy atom. The number of carbonyl (C=O) groups excluding carboxylic acids is 1. The van der Waals surface area contributed by atoms with E-state index < -0.39 is 6.10 Å². The molecule has 15 heavy (non-hydrogen) atoms. The summed E-state index contributed by atoms with van der Waals surface area (Å²) in [6.07, 6.45) is -0.577. The van der Waals surface area contributed by atoms with E-state index in [0.29, 0.717) is 6.61 Å². The van der Waals surface area contributed by atoms with E-state index in [4.69, 9.17) is 9.47 Å². The SMILES string of the molecule is CCOC(=O)[C@@H]1O[C@@H](C)c2ccccc21. The number of carbonyl (C=O) groups is 1. The van der Waals surface area contributed by atoms with E-state index in [9.17, 15) is 4.79 Å². The summed E-state index contributed by atoms with van der Waals surface area (Å²) in [5.41, 5.74) is 2.01. The van der Waals surface area contributed by atoms with E-state index in [-0.39, 0.29) is 12.1 Å². The highest BCUT2D eigenvalue weighted by atomic mass is 16.6. The van der Waals surface area contributed by atoms with Gasteiger partial charge in [0, 0.05) is 0 Å². The second-order valence-corrected chi connectivity index (χ2v) is 3.54. The topological polar surface area (TPSA) is 35.5 Å². The summed E-state index contributed by atoms with van der Waals surface area (Å²) >= 11 is 0. The molecule has 80 valence electrons. The largest absolute Gasteiger partial charge is 0.464 e. The molecule has 1 aliphatic heterocycles. The molecule has 1 aromatic carbocycles. The van der Waals surface area contributed by atoms with E-state index in [1.165, 1.54) is 0 Å². The van der Waals surface area contributed by atoms with Crippen LogP contribution in [0, 0.1) is 0 Å². The van der Waals surface area contributed by atoms with E-state index in [1.54, 1.807) is 6.92 Å². The Labute approximate surface area is 89.0 Å². The molecular weight excluding hydrogens is 192 g/mol. The van der Waals surface area contributed by atoms with Crippen LogP contribution in [0.25, 0.3) is 0 Å². The summed E-state index contributed by atoms with van der Waals surface area (Å²) < 4.78 is 10.5. The lowest BCUT2D eigenvalue weighted by molar-refractivity contribution is -0.158. The quantitative estimate of drug-likeness (QED) is 0.697. The predicted molar refractivity (Wildman–Crippen MR) is 55.3 cm³/mol. The Hall–Kier alpha value is -1.35. The van der Waals surface area contributed by atoms with Crippen molar-refractivity contribution in [2.75, 3.05) is 6.61 Å². The summed E-state index contributed by atoms with van der Waals surface area (Å²) in [4.78, 5) is 11.6. The van der Waals surface area contributed by atoms with Crippen molar-refractivity contribution < 1.29 is 14.3 Å². The first-order valence-electron chi connectivity index (χ1n) is 5.15. The fraction of sp³-hybridized carbons (Fsp3) is 0.417. The van der Waals surface area contributed by atoms with Gasteiger partial charge < -0.3 is 9.47 Å². The van der Waals surface area contributed by atoms with Crippen molar-refractivity contribution in [2.45, 2.75) is 26.1 Å². The Bertz CT molecular complexity index is 373. The molecule has 0 aliphatic carbocycles. The number of benzene rings is 1. The number of fused-ring (bicyclic) bond motifs is 1. The predicted octanol–water partition coefficient (Wildman–Crippen LogP) is 2.38. The van der Waals surface area contributed by atoms with Crippen molar-refractivity contribution in [3.63, 3.8) is 0 Å². The molecule has 0 saturated heterocycles. The molecule has 1 aliphatic rings. The molecule has 0 bridgehead atoms. The summed E-state index contributed by atoms with van der Waals surface area (Å²) in [6.45, 7) is 4.12. The maximum atomic E-state index is 11.6. The van der Waals surface area contributed by atoms with Gasteiger partial charge in [0.2, 0.25) is 0 Å². The Morgan fingerprint density at radius 3 is 2.73 bits per heavy atom. The van der Waals surface area contributed by atoms with Gasteiger partial charge in [-0.1, -0.05) is 24.3 Å². The second-order valence-electron chi connectivity index (χ2n) is 3.54. The zero-order valence-electron chi connectivity index (χ0n) is 8.90. The summed E-state index contributed by atoms with van der Waals surface area (Å²) in [5.74, 6) is -0.297. The molecule has 0 saturated carbocycles. The normalized spacial score (nSPS) is 23.6. The minimum Gasteiger partial charge on any atom is -0.464 e. The number of hydrogen-bond acceptors (Lipinski definition) is 3. The average molecular weight is 206 g/mol. The van der Waals surface area contributed by atoms with Crippen LogP contribution < -0.4 is 0 Å². The van der Waals surface area contributed by atoms with Crippen LogP contribution in [-0.4, -0.2) is 12.6 Å². The molecular formula is C12H14O3. The van der Waals surface area contributed by atoms with Crippen LogP contribution in [0.3, 0.4) is 0 Å². The van der Waals surface area contributed by atoms with Gasteiger partial charge >= 0.3 is 5.97 Å². The van der Waals surface area contributed by atoms with Gasteiger partial charge in [-0.2, -0.15) is 0 Å². The molecule has 0 N–H and O–H groups in total. The Morgan fingerprint density at radius 2 is 2.07 bits per heavy atom. The van der Waals surface area contributed by atoms with Gasteiger partial charge in [0.15, 0.2) is 6.10 Å². The van der Waals surface area contributed by atoms with Gasteiger partial charge in [-0.05, 0) is 25.0 Å². The third-order valence-electron chi connectivity index (χ3n) is 2.56. The van der Waals surface area contributed by atoms with Gasteiger partial charge in [0.1, 0.15) is 0 Å². The van der Waals surface area contributed by atoms with Crippen LogP contribution in [0.2, 0.25) is 0 Å². The van der Waals surface area contributed by atoms with Gasteiger partial charge in [-0.15, -0.1) is 0 Å². The second kappa shape index (κ2) is 4.03. The van der Waals surface area contributed by atoms with Crippen molar-refractivity contribution >= 4 is 5.97 Å². The molecule has 0 radical (unpaired) electrons. The van der Waals surface area contributed by atoms with Crippen LogP contribution >= 0.6 is 0 Å². The maximum absolute atomic E-state index is 11.6. The zero-order chi connectivity index (χ0) is 10.8. The number of rotatable bonds is 2. The molecule has 2 atom stereocenters. The number of ether oxygens (including phenoxy) is 2. The van der Waals surface area contributed by atoms with Crippen molar-refractivity contribution in [1.82, 2.24) is 0 Å². The standard InChI is InChI=1S/C12H14O3/c1-3-14-12(13)11-10-7-5-4-6-9(10)8(2)15-11/h4-8,11H,3H2,1-2H3/t8-,11+/m0/s1. The summed E-state index contributed by atoms with van der Waals surface area (Å²) in [5, 5.41) is 0. The van der Waals surface area contributed by atoms with Gasteiger partial charge in [-0.25, -0.2) is 4.79 Å². The fourth-order valence-electron chi connectivity index (χ4n) is 1.87. The zero-order valence-corrected chi connectivity index (χ0v) is 8.90. The van der Waals surface area contributed by atoms with Crippen LogP contribution in [-0.2, 0) is 14.3 Å².